The van der Waals surface area contributed by atoms with E-state index >= 15 is 0 Å². The van der Waals surface area contributed by atoms with Gasteiger partial charge in [-0.25, -0.2) is 0 Å². The quantitative estimate of drug-likeness (QED) is 0.296. The van der Waals surface area contributed by atoms with Crippen molar-refractivity contribution < 1.29 is 24.1 Å². The fourth-order valence-corrected chi connectivity index (χ4v) is 6.29. The summed E-state index contributed by atoms with van der Waals surface area (Å²) < 4.78 is 5.91. The summed E-state index contributed by atoms with van der Waals surface area (Å²) in [6.07, 6.45) is 8.08. The Bertz CT molecular complexity index is 1170. The van der Waals surface area contributed by atoms with Crippen molar-refractivity contribution in [1.29, 1.82) is 0 Å². The van der Waals surface area contributed by atoms with Crippen molar-refractivity contribution in [2.24, 2.45) is 11.8 Å². The van der Waals surface area contributed by atoms with E-state index in [1.54, 1.807) is 24.3 Å². The van der Waals surface area contributed by atoms with Gasteiger partial charge in [-0.3, -0.25) is 24.5 Å². The molecule has 9 nitrogen and oxygen atoms in total. The summed E-state index contributed by atoms with van der Waals surface area (Å²) in [6.45, 7) is 8.84. The van der Waals surface area contributed by atoms with E-state index in [4.69, 9.17) is 9.57 Å². The van der Waals surface area contributed by atoms with E-state index in [0.717, 1.165) is 19.3 Å². The van der Waals surface area contributed by atoms with Gasteiger partial charge in [-0.05, 0) is 75.3 Å². The molecular weight excluding hydrogens is 450 g/mol. The number of hydrogen-bond acceptors (Lipinski definition) is 7. The van der Waals surface area contributed by atoms with E-state index in [1.807, 2.05) is 18.7 Å². The highest BCUT2D eigenvalue weighted by Crippen LogP contribution is 2.50. The number of carbonyl (C=O) groups excluding carboxylic acids is 2. The van der Waals surface area contributed by atoms with E-state index in [-0.39, 0.29) is 40.1 Å². The van der Waals surface area contributed by atoms with Gasteiger partial charge in [0.25, 0.3) is 5.69 Å². The third-order valence-electron chi connectivity index (χ3n) is 7.97. The van der Waals surface area contributed by atoms with Gasteiger partial charge in [0.15, 0.2) is 6.29 Å². The van der Waals surface area contributed by atoms with Crippen LogP contribution in [0.2, 0.25) is 0 Å². The number of nitro groups is 1. The smallest absolute Gasteiger partial charge is 0.288 e. The summed E-state index contributed by atoms with van der Waals surface area (Å²) >= 11 is 0. The molecule has 5 heterocycles. The minimum Gasteiger partial charge on any atom is -0.483 e. The van der Waals surface area contributed by atoms with Crippen molar-refractivity contribution >= 4 is 29.5 Å². The molecule has 1 amide bonds. The number of rotatable bonds is 5. The molecule has 6 rings (SSSR count). The first-order chi connectivity index (χ1) is 16.5. The van der Waals surface area contributed by atoms with Crippen LogP contribution in [0.4, 0.5) is 5.69 Å². The predicted octanol–water partition coefficient (Wildman–Crippen LogP) is 3.67. The van der Waals surface area contributed by atoms with Crippen LogP contribution in [0, 0.1) is 22.0 Å². The van der Waals surface area contributed by atoms with Gasteiger partial charge in [-0.15, -0.1) is 0 Å². The number of nitro benzene ring substituents is 1. The Balaban J connectivity index is 1.69. The van der Waals surface area contributed by atoms with Crippen LogP contribution in [0.3, 0.4) is 0 Å². The zero-order chi connectivity index (χ0) is 25.2. The van der Waals surface area contributed by atoms with Crippen LogP contribution in [0.5, 0.6) is 5.75 Å². The number of allylic oxidation sites excluding steroid dienone is 1. The SMILES string of the molecule is CC(C)C1CC23CCCN2C(=O)C1(/C=C(\C=O)c1ccc2c(c1[N+](=O)[O-])C=CC(C)(C)O2)NOC3. The molecule has 4 saturated heterocycles. The average Bonchev–Trinajstić information content (AvgIpc) is 3.09. The highest BCUT2D eigenvalue weighted by Gasteiger charge is 2.63. The Morgan fingerprint density at radius 2 is 2.11 bits per heavy atom. The van der Waals surface area contributed by atoms with Crippen molar-refractivity contribution in [3.63, 3.8) is 0 Å². The van der Waals surface area contributed by atoms with Gasteiger partial charge in [-0.2, -0.15) is 5.48 Å². The first-order valence-corrected chi connectivity index (χ1v) is 12.1. The zero-order valence-corrected chi connectivity index (χ0v) is 20.5. The van der Waals surface area contributed by atoms with E-state index in [9.17, 15) is 19.7 Å². The number of hydrogen-bond donors (Lipinski definition) is 1. The van der Waals surface area contributed by atoms with Crippen LogP contribution in [-0.4, -0.2) is 51.8 Å². The van der Waals surface area contributed by atoms with Crippen LogP contribution in [0.25, 0.3) is 11.6 Å². The van der Waals surface area contributed by atoms with Crippen molar-refractivity contribution in [2.75, 3.05) is 13.2 Å². The lowest BCUT2D eigenvalue weighted by molar-refractivity contribution is -0.385. The molecule has 0 radical (unpaired) electrons. The van der Waals surface area contributed by atoms with Crippen molar-refractivity contribution in [2.45, 2.75) is 63.6 Å². The zero-order valence-electron chi connectivity index (χ0n) is 20.5. The fraction of sp³-hybridized carbons (Fsp3) is 0.538. The van der Waals surface area contributed by atoms with Gasteiger partial charge < -0.3 is 9.64 Å². The Hall–Kier alpha value is -3.04. The number of hydroxylamine groups is 1. The maximum absolute atomic E-state index is 14.0. The summed E-state index contributed by atoms with van der Waals surface area (Å²) in [7, 11) is 0. The van der Waals surface area contributed by atoms with E-state index in [2.05, 4.69) is 19.3 Å². The number of nitrogens with zero attached hydrogens (tertiary/aromatic N) is 2. The van der Waals surface area contributed by atoms with Crippen LogP contribution in [0.1, 0.15) is 58.1 Å². The molecule has 0 saturated carbocycles. The van der Waals surface area contributed by atoms with E-state index < -0.39 is 16.1 Å². The van der Waals surface area contributed by atoms with Gasteiger partial charge in [-0.1, -0.05) is 13.8 Å². The second-order valence-corrected chi connectivity index (χ2v) is 11.0. The lowest BCUT2D eigenvalue weighted by Gasteiger charge is -2.50. The molecule has 3 atom stereocenters. The number of nitrogens with one attached hydrogen (secondary N) is 1. The summed E-state index contributed by atoms with van der Waals surface area (Å²) in [5.41, 5.74) is 1.06. The first-order valence-electron chi connectivity index (χ1n) is 12.1. The molecule has 9 heteroatoms. The maximum atomic E-state index is 14.0. The Kier molecular flexibility index (Phi) is 5.41. The summed E-state index contributed by atoms with van der Waals surface area (Å²) in [4.78, 5) is 45.9. The second-order valence-electron chi connectivity index (χ2n) is 11.0. The van der Waals surface area contributed by atoms with Gasteiger partial charge in [0.05, 0.1) is 28.2 Å². The topological polar surface area (TPSA) is 111 Å². The Morgan fingerprint density at radius 1 is 1.34 bits per heavy atom. The molecule has 5 aliphatic heterocycles. The molecule has 5 aliphatic rings. The molecule has 0 aliphatic carbocycles. The molecule has 35 heavy (non-hydrogen) atoms. The third kappa shape index (κ3) is 3.51. The van der Waals surface area contributed by atoms with E-state index in [0.29, 0.717) is 30.8 Å². The van der Waals surface area contributed by atoms with Crippen molar-refractivity contribution in [3.8, 4) is 5.75 Å². The molecular formula is C26H31N3O6. The van der Waals surface area contributed by atoms with Crippen LogP contribution < -0.4 is 10.2 Å². The monoisotopic (exact) mass is 481 g/mol. The largest absolute Gasteiger partial charge is 0.483 e. The first kappa shape index (κ1) is 23.7. The molecule has 0 aromatic heterocycles. The number of amides is 1. The van der Waals surface area contributed by atoms with Gasteiger partial charge in [0.1, 0.15) is 16.9 Å². The Morgan fingerprint density at radius 3 is 2.80 bits per heavy atom. The minimum atomic E-state index is -1.30. The standard InChI is InChI=1S/C26H31N3O6/c1-16(2)20-13-25-9-5-11-28(25)23(31)26(20,27-34-15-25)12-17(14-30)18-6-7-21-19(22(18)29(32)33)8-10-24(3,4)35-21/h6-8,10,12,14,16,20,27H,5,9,11,13,15H2,1-4H3/b17-12+. The number of carbonyl (C=O) groups is 2. The molecule has 1 N–H and O–H groups in total. The van der Waals surface area contributed by atoms with Crippen LogP contribution >= 0.6 is 0 Å². The van der Waals surface area contributed by atoms with E-state index in [1.165, 1.54) is 6.07 Å². The summed E-state index contributed by atoms with van der Waals surface area (Å²) in [5.74, 6) is 0.196. The number of aldehydes is 1. The normalized spacial score (nSPS) is 31.1. The fourth-order valence-electron chi connectivity index (χ4n) is 6.29. The molecule has 2 bridgehead atoms. The van der Waals surface area contributed by atoms with Crippen LogP contribution in [-0.2, 0) is 14.4 Å². The molecule has 1 aromatic carbocycles. The highest BCUT2D eigenvalue weighted by atomic mass is 16.7. The average molecular weight is 482 g/mol. The molecule has 1 aromatic rings. The number of benzene rings is 1. The number of piperidine rings is 1. The molecule has 4 fully saturated rings. The molecule has 1 spiro atoms. The highest BCUT2D eigenvalue weighted by molar-refractivity contribution is 6.11. The van der Waals surface area contributed by atoms with Gasteiger partial charge in [0.2, 0.25) is 5.91 Å². The van der Waals surface area contributed by atoms with Crippen molar-refractivity contribution in [3.05, 3.63) is 45.5 Å². The van der Waals surface area contributed by atoms with Crippen molar-refractivity contribution in [1.82, 2.24) is 10.4 Å². The third-order valence-corrected chi connectivity index (χ3v) is 7.97. The summed E-state index contributed by atoms with van der Waals surface area (Å²) in [5, 5.41) is 12.2. The van der Waals surface area contributed by atoms with Crippen LogP contribution in [0.15, 0.2) is 24.3 Å². The molecule has 3 unspecified atom stereocenters. The Labute approximate surface area is 204 Å². The lowest BCUT2D eigenvalue weighted by Crippen LogP contribution is -2.67. The summed E-state index contributed by atoms with van der Waals surface area (Å²) in [6, 6.07) is 3.17. The predicted molar refractivity (Wildman–Crippen MR) is 129 cm³/mol. The minimum absolute atomic E-state index is 0.0708. The number of ether oxygens (including phenoxy) is 1. The second kappa shape index (κ2) is 7.99. The molecule has 186 valence electrons. The lowest BCUT2D eigenvalue weighted by atomic mass is 9.65. The van der Waals surface area contributed by atoms with Gasteiger partial charge >= 0.3 is 0 Å². The van der Waals surface area contributed by atoms with Gasteiger partial charge in [0, 0.05) is 12.1 Å². The number of fused-ring (bicyclic) bond motifs is 4. The maximum Gasteiger partial charge on any atom is 0.288 e.